The Morgan fingerprint density at radius 1 is 1.33 bits per heavy atom. The molecule has 1 aromatic carbocycles. The van der Waals surface area contributed by atoms with Crippen LogP contribution in [0.4, 0.5) is 0 Å². The number of hydrogen-bond donors (Lipinski definition) is 1. The SMILES string of the molecule is CC1CCC(O)(c2ccc3c(c2)CCO3)C(C)C1. The van der Waals surface area contributed by atoms with Gasteiger partial charge in [0, 0.05) is 6.42 Å². The predicted molar refractivity (Wildman–Crippen MR) is 71.7 cm³/mol. The normalized spacial score (nSPS) is 35.1. The van der Waals surface area contributed by atoms with Crippen molar-refractivity contribution in [3.8, 4) is 5.75 Å². The van der Waals surface area contributed by atoms with Gasteiger partial charge in [0.15, 0.2) is 0 Å². The number of ether oxygens (including phenoxy) is 1. The summed E-state index contributed by atoms with van der Waals surface area (Å²) in [7, 11) is 0. The van der Waals surface area contributed by atoms with Gasteiger partial charge < -0.3 is 9.84 Å². The maximum Gasteiger partial charge on any atom is 0.122 e. The quantitative estimate of drug-likeness (QED) is 0.824. The predicted octanol–water partition coefficient (Wildman–Crippen LogP) is 3.27. The second-order valence-electron chi connectivity index (χ2n) is 6.13. The first-order valence-corrected chi connectivity index (χ1v) is 7.08. The number of aliphatic hydroxyl groups is 1. The van der Waals surface area contributed by atoms with Crippen LogP contribution in [0, 0.1) is 11.8 Å². The fourth-order valence-corrected chi connectivity index (χ4v) is 3.51. The van der Waals surface area contributed by atoms with E-state index in [2.05, 4.69) is 26.0 Å². The van der Waals surface area contributed by atoms with Crippen LogP contribution in [-0.2, 0) is 12.0 Å². The molecule has 98 valence electrons. The fraction of sp³-hybridized carbons (Fsp3) is 0.625. The topological polar surface area (TPSA) is 29.5 Å². The molecule has 1 saturated carbocycles. The van der Waals surface area contributed by atoms with Crippen LogP contribution in [0.5, 0.6) is 5.75 Å². The molecule has 1 fully saturated rings. The summed E-state index contributed by atoms with van der Waals surface area (Å²) in [5, 5.41) is 11.0. The highest BCUT2D eigenvalue weighted by molar-refractivity contribution is 5.42. The van der Waals surface area contributed by atoms with E-state index in [4.69, 9.17) is 4.74 Å². The van der Waals surface area contributed by atoms with E-state index in [1.165, 1.54) is 5.56 Å². The first-order valence-electron chi connectivity index (χ1n) is 7.08. The van der Waals surface area contributed by atoms with Crippen molar-refractivity contribution in [1.29, 1.82) is 0 Å². The number of hydrogen-bond acceptors (Lipinski definition) is 2. The number of rotatable bonds is 1. The Labute approximate surface area is 109 Å². The minimum atomic E-state index is -0.635. The Kier molecular flexibility index (Phi) is 2.86. The van der Waals surface area contributed by atoms with Gasteiger partial charge in [-0.25, -0.2) is 0 Å². The lowest BCUT2D eigenvalue weighted by molar-refractivity contribution is -0.0588. The zero-order chi connectivity index (χ0) is 12.8. The van der Waals surface area contributed by atoms with Crippen molar-refractivity contribution in [3.05, 3.63) is 29.3 Å². The van der Waals surface area contributed by atoms with Crippen LogP contribution in [0.15, 0.2) is 18.2 Å². The van der Waals surface area contributed by atoms with E-state index in [0.29, 0.717) is 5.92 Å². The highest BCUT2D eigenvalue weighted by Gasteiger charge is 2.40. The molecule has 0 amide bonds. The summed E-state index contributed by atoms with van der Waals surface area (Å²) in [5.74, 6) is 2.07. The van der Waals surface area contributed by atoms with Crippen LogP contribution < -0.4 is 4.74 Å². The third-order valence-electron chi connectivity index (χ3n) is 4.78. The summed E-state index contributed by atoms with van der Waals surface area (Å²) in [6, 6.07) is 6.24. The second-order valence-corrected chi connectivity index (χ2v) is 6.13. The van der Waals surface area contributed by atoms with E-state index >= 15 is 0 Å². The van der Waals surface area contributed by atoms with E-state index in [1.54, 1.807) is 0 Å². The van der Waals surface area contributed by atoms with Crippen LogP contribution >= 0.6 is 0 Å². The first kappa shape index (κ1) is 12.0. The molecule has 3 unspecified atom stereocenters. The van der Waals surface area contributed by atoms with Crippen molar-refractivity contribution in [2.75, 3.05) is 6.61 Å². The summed E-state index contributed by atoms with van der Waals surface area (Å²) in [5.41, 5.74) is 1.71. The highest BCUT2D eigenvalue weighted by atomic mass is 16.5. The second kappa shape index (κ2) is 4.27. The molecule has 1 N–H and O–H groups in total. The van der Waals surface area contributed by atoms with Crippen LogP contribution in [0.3, 0.4) is 0 Å². The van der Waals surface area contributed by atoms with Gasteiger partial charge in [-0.2, -0.15) is 0 Å². The van der Waals surface area contributed by atoms with Gasteiger partial charge in [-0.3, -0.25) is 0 Å². The Bertz CT molecular complexity index is 454. The fourth-order valence-electron chi connectivity index (χ4n) is 3.51. The summed E-state index contributed by atoms with van der Waals surface area (Å²) in [6.45, 7) is 5.25. The lowest BCUT2D eigenvalue weighted by Crippen LogP contribution is -2.38. The molecule has 1 aliphatic heterocycles. The Morgan fingerprint density at radius 3 is 2.94 bits per heavy atom. The maximum atomic E-state index is 11.0. The van der Waals surface area contributed by atoms with Crippen molar-refractivity contribution in [3.63, 3.8) is 0 Å². The van der Waals surface area contributed by atoms with Crippen molar-refractivity contribution >= 4 is 0 Å². The highest BCUT2D eigenvalue weighted by Crippen LogP contribution is 2.44. The molecular weight excluding hydrogens is 224 g/mol. The molecule has 3 atom stereocenters. The van der Waals surface area contributed by atoms with Crippen molar-refractivity contribution in [2.24, 2.45) is 11.8 Å². The van der Waals surface area contributed by atoms with Crippen LogP contribution in [-0.4, -0.2) is 11.7 Å². The molecule has 0 radical (unpaired) electrons. The van der Waals surface area contributed by atoms with E-state index < -0.39 is 5.60 Å². The minimum Gasteiger partial charge on any atom is -0.493 e. The molecule has 2 aliphatic rings. The molecule has 0 bridgehead atoms. The van der Waals surface area contributed by atoms with Crippen LogP contribution in [0.2, 0.25) is 0 Å². The molecule has 0 aromatic heterocycles. The van der Waals surface area contributed by atoms with Gasteiger partial charge in [-0.05, 0) is 54.4 Å². The smallest absolute Gasteiger partial charge is 0.122 e. The van der Waals surface area contributed by atoms with Gasteiger partial charge in [-0.15, -0.1) is 0 Å². The molecular formula is C16H22O2. The number of fused-ring (bicyclic) bond motifs is 1. The van der Waals surface area contributed by atoms with Gasteiger partial charge in [0.25, 0.3) is 0 Å². The van der Waals surface area contributed by atoms with Crippen molar-refractivity contribution < 1.29 is 9.84 Å². The van der Waals surface area contributed by atoms with Gasteiger partial charge in [0.05, 0.1) is 12.2 Å². The summed E-state index contributed by atoms with van der Waals surface area (Å²) < 4.78 is 5.54. The molecule has 1 heterocycles. The van der Waals surface area contributed by atoms with E-state index in [9.17, 15) is 5.11 Å². The van der Waals surface area contributed by atoms with E-state index in [0.717, 1.165) is 49.5 Å². The van der Waals surface area contributed by atoms with Crippen LogP contribution in [0.25, 0.3) is 0 Å². The standard InChI is InChI=1S/C16H22O2/c1-11-5-7-16(17,12(2)9-11)14-3-4-15-13(10-14)6-8-18-15/h3-4,10-12,17H,5-9H2,1-2H3. The summed E-state index contributed by atoms with van der Waals surface area (Å²) in [4.78, 5) is 0. The molecule has 18 heavy (non-hydrogen) atoms. The van der Waals surface area contributed by atoms with Crippen molar-refractivity contribution in [2.45, 2.75) is 45.1 Å². The summed E-state index contributed by atoms with van der Waals surface area (Å²) in [6.07, 6.45) is 4.09. The molecule has 2 nitrogen and oxygen atoms in total. The summed E-state index contributed by atoms with van der Waals surface area (Å²) >= 11 is 0. The van der Waals surface area contributed by atoms with E-state index in [1.807, 2.05) is 6.07 Å². The van der Waals surface area contributed by atoms with E-state index in [-0.39, 0.29) is 0 Å². The molecule has 0 spiro atoms. The van der Waals surface area contributed by atoms with Crippen molar-refractivity contribution in [1.82, 2.24) is 0 Å². The van der Waals surface area contributed by atoms with Crippen LogP contribution in [0.1, 0.15) is 44.2 Å². The zero-order valence-corrected chi connectivity index (χ0v) is 11.3. The Balaban J connectivity index is 1.93. The average Bonchev–Trinajstić information content (AvgIpc) is 2.81. The third-order valence-corrected chi connectivity index (χ3v) is 4.78. The van der Waals surface area contributed by atoms with Gasteiger partial charge in [-0.1, -0.05) is 19.9 Å². The average molecular weight is 246 g/mol. The molecule has 1 aromatic rings. The monoisotopic (exact) mass is 246 g/mol. The van der Waals surface area contributed by atoms with Gasteiger partial charge in [0.2, 0.25) is 0 Å². The van der Waals surface area contributed by atoms with Gasteiger partial charge in [0.1, 0.15) is 5.75 Å². The zero-order valence-electron chi connectivity index (χ0n) is 11.3. The molecule has 0 saturated heterocycles. The largest absolute Gasteiger partial charge is 0.493 e. The molecule has 2 heteroatoms. The number of benzene rings is 1. The van der Waals surface area contributed by atoms with Gasteiger partial charge >= 0.3 is 0 Å². The molecule has 1 aliphatic carbocycles. The first-order chi connectivity index (χ1) is 8.59. The Hall–Kier alpha value is -1.02. The third kappa shape index (κ3) is 1.83. The lowest BCUT2D eigenvalue weighted by atomic mass is 9.69. The minimum absolute atomic E-state index is 0.335. The molecule has 3 rings (SSSR count). The Morgan fingerprint density at radius 2 is 2.17 bits per heavy atom. The maximum absolute atomic E-state index is 11.0. The lowest BCUT2D eigenvalue weighted by Gasteiger charge is -2.41.